The van der Waals surface area contributed by atoms with Gasteiger partial charge in [-0.15, -0.1) is 13.2 Å². The van der Waals surface area contributed by atoms with E-state index in [2.05, 4.69) is 0 Å². The van der Waals surface area contributed by atoms with Gasteiger partial charge in [-0.1, -0.05) is 5.59 Å². The van der Waals surface area contributed by atoms with Crippen molar-refractivity contribution in [3.05, 3.63) is 29.8 Å². The summed E-state index contributed by atoms with van der Waals surface area (Å²) in [5, 5.41) is 24.4. The number of hydrogen-bond acceptors (Lipinski definition) is 6. The molecule has 0 heterocycles. The minimum absolute atomic E-state index is 0.164. The quantitative estimate of drug-likeness (QED) is 0.553. The number of alkyl halides is 3. The molecule has 1 rings (SSSR count). The van der Waals surface area contributed by atoms with E-state index in [1.54, 1.807) is 6.07 Å². The smallest absolute Gasteiger partial charge is 0.298 e. The third-order valence-corrected chi connectivity index (χ3v) is 1.76. The Morgan fingerprint density at radius 2 is 1.76 bits per heavy atom. The van der Waals surface area contributed by atoms with E-state index in [1.807, 2.05) is 0 Å². The van der Waals surface area contributed by atoms with E-state index in [0.29, 0.717) is 0 Å². The number of halogens is 3. The number of hydrazine groups is 2. The second-order valence-corrected chi connectivity index (χ2v) is 2.83. The van der Waals surface area contributed by atoms with Gasteiger partial charge in [-0.3, -0.25) is 10.4 Å². The van der Waals surface area contributed by atoms with Crippen molar-refractivity contribution < 1.29 is 23.6 Å². The number of nitriles is 1. The molecule has 92 valence electrons. The first-order chi connectivity index (χ1) is 7.90. The fourth-order valence-corrected chi connectivity index (χ4v) is 1.09. The molecule has 0 aliphatic heterocycles. The Bertz CT molecular complexity index is 414. The molecule has 0 fully saturated rings. The normalized spacial score (nSPS) is 11.4. The molecule has 0 aromatic heterocycles. The Morgan fingerprint density at radius 3 is 2.12 bits per heavy atom. The van der Waals surface area contributed by atoms with Crippen LogP contribution in [0.4, 0.5) is 18.9 Å². The average molecular weight is 248 g/mol. The molecule has 9 heteroatoms. The largest absolute Gasteiger partial charge is 0.502 e. The summed E-state index contributed by atoms with van der Waals surface area (Å²) in [6, 6.07) is 5.94. The van der Waals surface area contributed by atoms with Gasteiger partial charge >= 0.3 is 6.30 Å². The van der Waals surface area contributed by atoms with Crippen LogP contribution in [-0.4, -0.2) is 22.0 Å². The summed E-state index contributed by atoms with van der Waals surface area (Å²) in [7, 11) is 0. The monoisotopic (exact) mass is 248 g/mol. The van der Waals surface area contributed by atoms with Crippen LogP contribution in [0.1, 0.15) is 5.56 Å². The van der Waals surface area contributed by atoms with Gasteiger partial charge < -0.3 is 0 Å². The van der Waals surface area contributed by atoms with Crippen LogP contribution < -0.4 is 10.6 Å². The summed E-state index contributed by atoms with van der Waals surface area (Å²) in [6.07, 6.45) is -4.96. The Kier molecular flexibility index (Phi) is 3.87. The maximum atomic E-state index is 12.5. The van der Waals surface area contributed by atoms with E-state index in [0.717, 1.165) is 29.9 Å². The van der Waals surface area contributed by atoms with Crippen molar-refractivity contribution in [2.24, 2.45) is 0 Å². The highest BCUT2D eigenvalue weighted by molar-refractivity contribution is 5.49. The van der Waals surface area contributed by atoms with Crippen LogP contribution in [-0.2, 0) is 0 Å². The molecule has 1 aromatic rings. The van der Waals surface area contributed by atoms with E-state index >= 15 is 0 Å². The van der Waals surface area contributed by atoms with E-state index < -0.39 is 22.3 Å². The van der Waals surface area contributed by atoms with Gasteiger partial charge in [0, 0.05) is 5.28 Å². The van der Waals surface area contributed by atoms with Gasteiger partial charge in [0.25, 0.3) is 0 Å². The second kappa shape index (κ2) is 4.98. The zero-order valence-corrected chi connectivity index (χ0v) is 8.18. The van der Waals surface area contributed by atoms with E-state index in [-0.39, 0.29) is 5.56 Å². The summed E-state index contributed by atoms with van der Waals surface area (Å²) in [4.78, 5) is 0. The zero-order valence-electron chi connectivity index (χ0n) is 8.18. The molecule has 0 spiro atoms. The lowest BCUT2D eigenvalue weighted by atomic mass is 10.2. The van der Waals surface area contributed by atoms with Gasteiger partial charge in [0.15, 0.2) is 0 Å². The predicted octanol–water partition coefficient (Wildman–Crippen LogP) is 1.38. The molecule has 0 amide bonds. The maximum absolute atomic E-state index is 12.5. The molecule has 0 atom stereocenters. The molecule has 0 radical (unpaired) electrons. The molecule has 6 nitrogen and oxygen atoms in total. The van der Waals surface area contributed by atoms with E-state index in [4.69, 9.17) is 15.7 Å². The standard InChI is InChI=1S/C8H7F3N4O2/c9-8(10,11)14(15(17)13-16)7-3-1-6(5-12)2-4-7/h1-4,13,16-17H. The van der Waals surface area contributed by atoms with Crippen LogP contribution in [0.25, 0.3) is 0 Å². The topological polar surface area (TPSA) is 82.8 Å². The van der Waals surface area contributed by atoms with Crippen LogP contribution in [0.5, 0.6) is 0 Å². The molecule has 1 aromatic carbocycles. The first-order valence-electron chi connectivity index (χ1n) is 4.16. The third kappa shape index (κ3) is 3.05. The van der Waals surface area contributed by atoms with Crippen LogP contribution in [0.15, 0.2) is 24.3 Å². The number of benzene rings is 1. The van der Waals surface area contributed by atoms with Gasteiger partial charge in [-0.05, 0) is 24.3 Å². The van der Waals surface area contributed by atoms with Crippen molar-refractivity contribution in [3.63, 3.8) is 0 Å². The van der Waals surface area contributed by atoms with Gasteiger partial charge in [-0.2, -0.15) is 10.3 Å². The van der Waals surface area contributed by atoms with Crippen LogP contribution in [0, 0.1) is 11.3 Å². The first-order valence-corrected chi connectivity index (χ1v) is 4.16. The van der Waals surface area contributed by atoms with Crippen molar-refractivity contribution in [2.45, 2.75) is 6.30 Å². The van der Waals surface area contributed by atoms with Crippen molar-refractivity contribution in [1.29, 1.82) is 5.26 Å². The molecular formula is C8H7F3N4O2. The summed E-state index contributed by atoms with van der Waals surface area (Å²) < 4.78 is 37.6. The maximum Gasteiger partial charge on any atom is 0.502 e. The van der Waals surface area contributed by atoms with Gasteiger partial charge in [0.2, 0.25) is 0 Å². The lowest BCUT2D eigenvalue weighted by Crippen LogP contribution is -2.54. The SMILES string of the molecule is N#Cc1ccc(N(N(O)NO)C(F)(F)F)cc1. The third-order valence-electron chi connectivity index (χ3n) is 1.76. The highest BCUT2D eigenvalue weighted by Gasteiger charge is 2.42. The van der Waals surface area contributed by atoms with Crippen molar-refractivity contribution in [1.82, 2.24) is 10.9 Å². The average Bonchev–Trinajstić information content (AvgIpc) is 2.28. The molecule has 0 unspecified atom stereocenters. The minimum Gasteiger partial charge on any atom is -0.298 e. The lowest BCUT2D eigenvalue weighted by molar-refractivity contribution is -0.286. The van der Waals surface area contributed by atoms with Gasteiger partial charge in [0.1, 0.15) is 0 Å². The Labute approximate surface area is 93.6 Å². The summed E-state index contributed by atoms with van der Waals surface area (Å²) >= 11 is 0. The van der Waals surface area contributed by atoms with Gasteiger partial charge in [0.05, 0.1) is 17.3 Å². The first kappa shape index (κ1) is 13.2. The van der Waals surface area contributed by atoms with Crippen LogP contribution >= 0.6 is 0 Å². The number of nitrogens with zero attached hydrogens (tertiary/aromatic N) is 3. The fraction of sp³-hybridized carbons (Fsp3) is 0.125. The second-order valence-electron chi connectivity index (χ2n) is 2.83. The molecule has 0 aliphatic carbocycles. The highest BCUT2D eigenvalue weighted by atomic mass is 19.4. The minimum atomic E-state index is -4.96. The molecule has 0 saturated carbocycles. The molecule has 3 N–H and O–H groups in total. The molecule has 17 heavy (non-hydrogen) atoms. The highest BCUT2D eigenvalue weighted by Crippen LogP contribution is 2.28. The molecule has 0 aliphatic rings. The summed E-state index contributed by atoms with van der Waals surface area (Å²) in [5.74, 6) is 0. The number of rotatable bonds is 3. The fourth-order valence-electron chi connectivity index (χ4n) is 1.09. The molecular weight excluding hydrogens is 241 g/mol. The van der Waals surface area contributed by atoms with Crippen molar-refractivity contribution in [2.75, 3.05) is 5.01 Å². The van der Waals surface area contributed by atoms with Gasteiger partial charge in [-0.25, -0.2) is 0 Å². The number of hydrogen-bond donors (Lipinski definition) is 3. The Morgan fingerprint density at radius 1 is 1.24 bits per heavy atom. The van der Waals surface area contributed by atoms with Crippen LogP contribution in [0.2, 0.25) is 0 Å². The Hall–Kier alpha value is -1.86. The van der Waals surface area contributed by atoms with Crippen molar-refractivity contribution >= 4 is 5.69 Å². The number of anilines is 1. The van der Waals surface area contributed by atoms with E-state index in [1.165, 1.54) is 0 Å². The Balaban J connectivity index is 3.10. The summed E-state index contributed by atoms with van der Waals surface area (Å²) in [6.45, 7) is 0. The van der Waals surface area contributed by atoms with Crippen molar-refractivity contribution in [3.8, 4) is 6.07 Å². The zero-order chi connectivity index (χ0) is 13.1. The van der Waals surface area contributed by atoms with E-state index in [9.17, 15) is 13.2 Å². The molecule has 0 bridgehead atoms. The van der Waals surface area contributed by atoms with Crippen LogP contribution in [0.3, 0.4) is 0 Å². The summed E-state index contributed by atoms with van der Waals surface area (Å²) in [5.41, 5.74) is 0.607. The molecule has 0 saturated heterocycles. The lowest BCUT2D eigenvalue weighted by Gasteiger charge is -2.30. The number of nitrogens with one attached hydrogen (secondary N) is 1. The predicted molar refractivity (Wildman–Crippen MR) is 48.2 cm³/mol.